The number of hydrogen-bond donors (Lipinski definition) is 1. The van der Waals surface area contributed by atoms with Crippen molar-refractivity contribution < 1.29 is 13.5 Å². The van der Waals surface area contributed by atoms with Crippen molar-refractivity contribution in [2.24, 2.45) is 0 Å². The topological polar surface area (TPSA) is 64.1 Å². The summed E-state index contributed by atoms with van der Waals surface area (Å²) in [7, 11) is -0.497. The number of anilines is 1. The lowest BCUT2D eigenvalue weighted by atomic mass is 10.0. The number of sulfonamides is 1. The molecule has 170 valence electrons. The monoisotopic (exact) mass is 463 g/mol. The molecule has 0 aliphatic carbocycles. The van der Waals surface area contributed by atoms with Gasteiger partial charge in [0.25, 0.3) is 0 Å². The van der Waals surface area contributed by atoms with Crippen molar-refractivity contribution in [2.75, 3.05) is 58.0 Å². The van der Waals surface area contributed by atoms with Crippen LogP contribution in [-0.2, 0) is 10.0 Å². The van der Waals surface area contributed by atoms with Gasteiger partial charge in [-0.1, -0.05) is 24.3 Å². The Morgan fingerprint density at radius 2 is 1.74 bits per heavy atom. The minimum Gasteiger partial charge on any atom is -0.388 e. The van der Waals surface area contributed by atoms with Crippen LogP contribution in [0.5, 0.6) is 0 Å². The summed E-state index contributed by atoms with van der Waals surface area (Å²) in [5.74, 6) is 0. The number of aliphatic hydroxyl groups is 1. The zero-order valence-corrected chi connectivity index (χ0v) is 20.2. The second kappa shape index (κ2) is 10.8. The lowest BCUT2D eigenvalue weighted by Crippen LogP contribution is -2.46. The summed E-state index contributed by atoms with van der Waals surface area (Å²) in [5.41, 5.74) is 1.93. The number of para-hydroxylation sites is 1. The smallest absolute Gasteiger partial charge is 0.243 e. The standard InChI is InChI=1S/C23H33N3O3S2/c1-24(2)31(28,29)23-18-19(11-12-22(23)30-3)21(27)10-7-13-25-14-16-26(17-15-25)20-8-5-4-6-9-20/h4-6,8-9,11-12,18,21,27H,7,10,13-17H2,1-3H3. The third kappa shape index (κ3) is 6.02. The lowest BCUT2D eigenvalue weighted by molar-refractivity contribution is 0.153. The molecular formula is C23H33N3O3S2. The van der Waals surface area contributed by atoms with E-state index in [1.54, 1.807) is 12.1 Å². The van der Waals surface area contributed by atoms with E-state index in [4.69, 9.17) is 0 Å². The van der Waals surface area contributed by atoms with Gasteiger partial charge in [0.1, 0.15) is 0 Å². The SMILES string of the molecule is CSc1ccc(C(O)CCCN2CCN(c3ccccc3)CC2)cc1S(=O)(=O)N(C)C. The van der Waals surface area contributed by atoms with Crippen LogP contribution < -0.4 is 4.90 Å². The molecule has 1 heterocycles. The van der Waals surface area contributed by atoms with Crippen LogP contribution in [0, 0.1) is 0 Å². The van der Waals surface area contributed by atoms with E-state index in [2.05, 4.69) is 34.1 Å². The Kier molecular flexibility index (Phi) is 8.41. The number of piperazine rings is 1. The number of aliphatic hydroxyl groups excluding tert-OH is 1. The van der Waals surface area contributed by atoms with E-state index >= 15 is 0 Å². The molecule has 0 saturated carbocycles. The Hall–Kier alpha value is -1.58. The van der Waals surface area contributed by atoms with Gasteiger partial charge < -0.3 is 10.0 Å². The molecule has 0 radical (unpaired) electrons. The fourth-order valence-electron chi connectivity index (χ4n) is 3.84. The average Bonchev–Trinajstić information content (AvgIpc) is 2.79. The maximum atomic E-state index is 12.7. The molecule has 31 heavy (non-hydrogen) atoms. The van der Waals surface area contributed by atoms with Gasteiger partial charge in [-0.15, -0.1) is 11.8 Å². The van der Waals surface area contributed by atoms with Crippen molar-refractivity contribution in [3.63, 3.8) is 0 Å². The molecular weight excluding hydrogens is 430 g/mol. The number of nitrogens with zero attached hydrogens (tertiary/aromatic N) is 3. The predicted octanol–water partition coefficient (Wildman–Crippen LogP) is 3.29. The Morgan fingerprint density at radius 1 is 1.06 bits per heavy atom. The summed E-state index contributed by atoms with van der Waals surface area (Å²) in [5, 5.41) is 10.7. The molecule has 0 bridgehead atoms. The highest BCUT2D eigenvalue weighted by atomic mass is 32.2. The summed E-state index contributed by atoms with van der Waals surface area (Å²) in [4.78, 5) is 5.80. The third-order valence-corrected chi connectivity index (χ3v) is 8.56. The normalized spacial score (nSPS) is 16.6. The largest absolute Gasteiger partial charge is 0.388 e. The van der Waals surface area contributed by atoms with Gasteiger partial charge in [-0.25, -0.2) is 12.7 Å². The van der Waals surface area contributed by atoms with Gasteiger partial charge in [0.2, 0.25) is 10.0 Å². The fourth-order valence-corrected chi connectivity index (χ4v) is 5.87. The highest BCUT2D eigenvalue weighted by Crippen LogP contribution is 2.30. The fraction of sp³-hybridized carbons (Fsp3) is 0.478. The number of thioether (sulfide) groups is 1. The van der Waals surface area contributed by atoms with Crippen LogP contribution in [0.4, 0.5) is 5.69 Å². The quantitative estimate of drug-likeness (QED) is 0.576. The summed E-state index contributed by atoms with van der Waals surface area (Å²) < 4.78 is 26.5. The Bertz CT molecular complexity index is 944. The molecule has 1 atom stereocenters. The molecule has 2 aromatic rings. The van der Waals surface area contributed by atoms with Crippen LogP contribution in [0.15, 0.2) is 58.3 Å². The van der Waals surface area contributed by atoms with Crippen LogP contribution in [0.25, 0.3) is 0 Å². The van der Waals surface area contributed by atoms with Gasteiger partial charge in [-0.05, 0) is 55.5 Å². The first-order valence-electron chi connectivity index (χ1n) is 10.6. The van der Waals surface area contributed by atoms with E-state index in [-0.39, 0.29) is 4.90 Å². The van der Waals surface area contributed by atoms with E-state index < -0.39 is 16.1 Å². The van der Waals surface area contributed by atoms with Crippen molar-refractivity contribution in [2.45, 2.75) is 28.7 Å². The Labute approximate surface area is 190 Å². The zero-order valence-electron chi connectivity index (χ0n) is 18.6. The molecule has 2 aromatic carbocycles. The Morgan fingerprint density at radius 3 is 2.35 bits per heavy atom. The van der Waals surface area contributed by atoms with Crippen LogP contribution in [0.3, 0.4) is 0 Å². The van der Waals surface area contributed by atoms with Crippen LogP contribution >= 0.6 is 11.8 Å². The lowest BCUT2D eigenvalue weighted by Gasteiger charge is -2.36. The highest BCUT2D eigenvalue weighted by molar-refractivity contribution is 7.99. The van der Waals surface area contributed by atoms with E-state index in [0.29, 0.717) is 16.9 Å². The molecule has 1 N–H and O–H groups in total. The highest BCUT2D eigenvalue weighted by Gasteiger charge is 2.23. The van der Waals surface area contributed by atoms with Crippen LogP contribution in [0.2, 0.25) is 0 Å². The van der Waals surface area contributed by atoms with Crippen molar-refractivity contribution in [1.82, 2.24) is 9.21 Å². The molecule has 0 amide bonds. The predicted molar refractivity (Wildman–Crippen MR) is 128 cm³/mol. The molecule has 1 aliphatic heterocycles. The maximum Gasteiger partial charge on any atom is 0.243 e. The minimum absolute atomic E-state index is 0.263. The molecule has 3 rings (SSSR count). The second-order valence-electron chi connectivity index (χ2n) is 8.02. The summed E-state index contributed by atoms with van der Waals surface area (Å²) in [6.45, 7) is 4.98. The van der Waals surface area contributed by atoms with E-state index in [9.17, 15) is 13.5 Å². The van der Waals surface area contributed by atoms with Crippen molar-refractivity contribution >= 4 is 27.5 Å². The summed E-state index contributed by atoms with van der Waals surface area (Å²) in [6.07, 6.45) is 2.67. The van der Waals surface area contributed by atoms with Crippen molar-refractivity contribution in [3.8, 4) is 0 Å². The molecule has 0 aromatic heterocycles. The van der Waals surface area contributed by atoms with Crippen LogP contribution in [-0.4, -0.2) is 75.8 Å². The molecule has 0 spiro atoms. The number of rotatable bonds is 9. The third-order valence-electron chi connectivity index (χ3n) is 5.78. The molecule has 6 nitrogen and oxygen atoms in total. The van der Waals surface area contributed by atoms with Gasteiger partial charge in [-0.2, -0.15) is 0 Å². The molecule has 1 saturated heterocycles. The number of benzene rings is 2. The number of hydrogen-bond acceptors (Lipinski definition) is 6. The summed E-state index contributed by atoms with van der Waals surface area (Å²) in [6, 6.07) is 15.8. The average molecular weight is 464 g/mol. The first kappa shape index (κ1) is 24.1. The molecule has 8 heteroatoms. The minimum atomic E-state index is -3.55. The van der Waals surface area contributed by atoms with Crippen LogP contribution in [0.1, 0.15) is 24.5 Å². The van der Waals surface area contributed by atoms with E-state index in [1.165, 1.54) is 35.8 Å². The van der Waals surface area contributed by atoms with Gasteiger partial charge >= 0.3 is 0 Å². The molecule has 1 aliphatic rings. The summed E-state index contributed by atoms with van der Waals surface area (Å²) >= 11 is 1.40. The maximum absolute atomic E-state index is 12.7. The van der Waals surface area contributed by atoms with E-state index in [1.807, 2.05) is 18.4 Å². The second-order valence-corrected chi connectivity index (χ2v) is 11.0. The van der Waals surface area contributed by atoms with Gasteiger partial charge in [0.15, 0.2) is 0 Å². The van der Waals surface area contributed by atoms with Gasteiger partial charge in [0, 0.05) is 50.9 Å². The molecule has 1 unspecified atom stereocenters. The van der Waals surface area contributed by atoms with Crippen molar-refractivity contribution in [3.05, 3.63) is 54.1 Å². The Balaban J connectivity index is 1.53. The van der Waals surface area contributed by atoms with Gasteiger partial charge in [0.05, 0.1) is 11.0 Å². The zero-order chi connectivity index (χ0) is 22.4. The first-order valence-corrected chi connectivity index (χ1v) is 13.3. The first-order chi connectivity index (χ1) is 14.8. The van der Waals surface area contributed by atoms with Crippen molar-refractivity contribution in [1.29, 1.82) is 0 Å². The van der Waals surface area contributed by atoms with E-state index in [0.717, 1.165) is 39.1 Å². The van der Waals surface area contributed by atoms with Gasteiger partial charge in [-0.3, -0.25) is 4.90 Å². The molecule has 1 fully saturated rings.